The minimum absolute atomic E-state index is 0.382. The van der Waals surface area contributed by atoms with Crippen molar-refractivity contribution in [2.75, 3.05) is 0 Å². The third-order valence-electron chi connectivity index (χ3n) is 6.85. The first-order chi connectivity index (χ1) is 10.9. The number of rotatable bonds is 8. The Morgan fingerprint density at radius 1 is 1.09 bits per heavy atom. The molecule has 0 nitrogen and oxygen atoms in total. The molecule has 134 valence electrons. The Morgan fingerprint density at radius 3 is 2.13 bits per heavy atom. The lowest BCUT2D eigenvalue weighted by atomic mass is 9.69. The second-order valence-electron chi connectivity index (χ2n) is 9.56. The van der Waals surface area contributed by atoms with Gasteiger partial charge in [-0.05, 0) is 48.3 Å². The number of hydrogen-bond donors (Lipinski definition) is 0. The summed E-state index contributed by atoms with van der Waals surface area (Å²) in [7, 11) is 0. The predicted octanol–water partition coefficient (Wildman–Crippen LogP) is 7.78. The van der Waals surface area contributed by atoms with Gasteiger partial charge in [0, 0.05) is 0 Å². The largest absolute Gasteiger partial charge is 0.0698 e. The summed E-state index contributed by atoms with van der Waals surface area (Å²) < 4.78 is 0. The van der Waals surface area contributed by atoms with Gasteiger partial charge >= 0.3 is 0 Å². The van der Waals surface area contributed by atoms with Crippen molar-refractivity contribution < 1.29 is 0 Å². The van der Waals surface area contributed by atoms with Crippen molar-refractivity contribution in [3.05, 3.63) is 11.1 Å². The third kappa shape index (κ3) is 5.10. The normalized spacial score (nSPS) is 23.0. The van der Waals surface area contributed by atoms with Crippen LogP contribution >= 0.6 is 0 Å². The summed E-state index contributed by atoms with van der Waals surface area (Å²) in [5.74, 6) is 3.81. The average Bonchev–Trinajstić information content (AvgIpc) is 3.17. The van der Waals surface area contributed by atoms with Gasteiger partial charge in [0.1, 0.15) is 0 Å². The van der Waals surface area contributed by atoms with Crippen LogP contribution in [0.15, 0.2) is 11.1 Å². The zero-order valence-electron chi connectivity index (χ0n) is 16.9. The van der Waals surface area contributed by atoms with Crippen LogP contribution < -0.4 is 0 Å². The van der Waals surface area contributed by atoms with Crippen LogP contribution in [0, 0.1) is 29.1 Å². The highest BCUT2D eigenvalue weighted by atomic mass is 14.4. The van der Waals surface area contributed by atoms with Gasteiger partial charge in [0.15, 0.2) is 0 Å². The molecule has 0 heterocycles. The second-order valence-corrected chi connectivity index (χ2v) is 9.56. The summed E-state index contributed by atoms with van der Waals surface area (Å²) in [6, 6.07) is 0. The van der Waals surface area contributed by atoms with Crippen molar-refractivity contribution in [1.82, 2.24) is 0 Å². The lowest BCUT2D eigenvalue weighted by Gasteiger charge is -2.37. The van der Waals surface area contributed by atoms with Gasteiger partial charge in [-0.25, -0.2) is 0 Å². The highest BCUT2D eigenvalue weighted by Gasteiger charge is 2.35. The van der Waals surface area contributed by atoms with E-state index in [0.29, 0.717) is 5.41 Å². The molecule has 0 aliphatic heterocycles. The van der Waals surface area contributed by atoms with Crippen molar-refractivity contribution >= 4 is 0 Å². The van der Waals surface area contributed by atoms with E-state index in [1.165, 1.54) is 64.2 Å². The smallest absolute Gasteiger partial charge is 0.0170 e. The van der Waals surface area contributed by atoms with Crippen LogP contribution in [-0.4, -0.2) is 0 Å². The van der Waals surface area contributed by atoms with Gasteiger partial charge in [-0.2, -0.15) is 0 Å². The first kappa shape index (κ1) is 19.1. The quantitative estimate of drug-likeness (QED) is 0.401. The molecule has 0 amide bonds. The number of allylic oxidation sites excluding steroid dienone is 2. The van der Waals surface area contributed by atoms with Gasteiger partial charge < -0.3 is 0 Å². The Hall–Kier alpha value is -0.260. The summed E-state index contributed by atoms with van der Waals surface area (Å²) in [4.78, 5) is 0. The Morgan fingerprint density at radius 2 is 1.70 bits per heavy atom. The van der Waals surface area contributed by atoms with Crippen LogP contribution in [0.25, 0.3) is 0 Å². The van der Waals surface area contributed by atoms with Crippen molar-refractivity contribution in [3.8, 4) is 0 Å². The molecule has 0 aromatic carbocycles. The standard InChI is InChI=1S/C23H42/c1-7-11-20(16-22(19-14-15-19)23(4,5)6)17(3)21(8-2)18-12-9-10-13-18/h17-18,20-21H,7-16H2,1-6H3. The lowest BCUT2D eigenvalue weighted by molar-refractivity contribution is 0.158. The highest BCUT2D eigenvalue weighted by Crippen LogP contribution is 2.47. The summed E-state index contributed by atoms with van der Waals surface area (Å²) in [5, 5.41) is 0. The second kappa shape index (κ2) is 8.21. The molecule has 0 aromatic rings. The molecular weight excluding hydrogens is 276 g/mol. The van der Waals surface area contributed by atoms with Crippen molar-refractivity contribution in [3.63, 3.8) is 0 Å². The fourth-order valence-corrected chi connectivity index (χ4v) is 5.40. The molecule has 2 saturated carbocycles. The molecule has 3 atom stereocenters. The van der Waals surface area contributed by atoms with Crippen LogP contribution in [0.2, 0.25) is 0 Å². The summed E-state index contributed by atoms with van der Waals surface area (Å²) in [6.07, 6.45) is 14.3. The van der Waals surface area contributed by atoms with E-state index in [1.54, 1.807) is 5.57 Å². The van der Waals surface area contributed by atoms with E-state index in [0.717, 1.165) is 23.7 Å². The van der Waals surface area contributed by atoms with E-state index in [2.05, 4.69) is 41.5 Å². The van der Waals surface area contributed by atoms with Crippen molar-refractivity contribution in [1.29, 1.82) is 0 Å². The summed E-state index contributed by atoms with van der Waals surface area (Å²) >= 11 is 0. The molecule has 2 aliphatic rings. The third-order valence-corrected chi connectivity index (χ3v) is 6.85. The maximum atomic E-state index is 2.60. The zero-order valence-corrected chi connectivity index (χ0v) is 16.9. The SMILES string of the molecule is CCCC(CC(=C1CC1)C(C)(C)C)C(C)C(CC)C1CCCC1. The van der Waals surface area contributed by atoms with Gasteiger partial charge in [0.05, 0.1) is 0 Å². The molecule has 0 saturated heterocycles. The molecule has 23 heavy (non-hydrogen) atoms. The van der Waals surface area contributed by atoms with Gasteiger partial charge in [-0.1, -0.05) is 97.6 Å². The van der Waals surface area contributed by atoms with E-state index in [-0.39, 0.29) is 0 Å². The first-order valence-electron chi connectivity index (χ1n) is 10.6. The van der Waals surface area contributed by atoms with Crippen LogP contribution in [0.1, 0.15) is 106 Å². The van der Waals surface area contributed by atoms with Crippen LogP contribution in [-0.2, 0) is 0 Å². The van der Waals surface area contributed by atoms with Gasteiger partial charge in [-0.15, -0.1) is 0 Å². The minimum atomic E-state index is 0.382. The fraction of sp³-hybridized carbons (Fsp3) is 0.913. The van der Waals surface area contributed by atoms with Crippen LogP contribution in [0.5, 0.6) is 0 Å². The fourth-order valence-electron chi connectivity index (χ4n) is 5.40. The molecule has 0 radical (unpaired) electrons. The van der Waals surface area contributed by atoms with E-state index in [1.807, 2.05) is 5.57 Å². The Bertz CT molecular complexity index is 383. The molecule has 0 heteroatoms. The van der Waals surface area contributed by atoms with Crippen LogP contribution in [0.3, 0.4) is 0 Å². The molecule has 2 fully saturated rings. The van der Waals surface area contributed by atoms with E-state index < -0.39 is 0 Å². The Labute approximate surface area is 146 Å². The Balaban J connectivity index is 2.11. The Kier molecular flexibility index (Phi) is 6.81. The van der Waals surface area contributed by atoms with Gasteiger partial charge in [0.2, 0.25) is 0 Å². The molecule has 0 bridgehead atoms. The van der Waals surface area contributed by atoms with Crippen LogP contribution in [0.4, 0.5) is 0 Å². The lowest BCUT2D eigenvalue weighted by Crippen LogP contribution is -2.27. The number of hydrogen-bond acceptors (Lipinski definition) is 0. The summed E-state index contributed by atoms with van der Waals surface area (Å²) in [6.45, 7) is 14.8. The summed E-state index contributed by atoms with van der Waals surface area (Å²) in [5.41, 5.74) is 4.01. The monoisotopic (exact) mass is 318 g/mol. The van der Waals surface area contributed by atoms with Gasteiger partial charge in [0.25, 0.3) is 0 Å². The predicted molar refractivity (Wildman–Crippen MR) is 104 cm³/mol. The molecule has 2 aliphatic carbocycles. The van der Waals surface area contributed by atoms with E-state index in [4.69, 9.17) is 0 Å². The van der Waals surface area contributed by atoms with Crippen molar-refractivity contribution in [2.24, 2.45) is 29.1 Å². The maximum absolute atomic E-state index is 2.60. The molecule has 2 rings (SSSR count). The highest BCUT2D eigenvalue weighted by molar-refractivity contribution is 5.29. The zero-order chi connectivity index (χ0) is 17.0. The first-order valence-corrected chi connectivity index (χ1v) is 10.6. The topological polar surface area (TPSA) is 0 Å². The van der Waals surface area contributed by atoms with E-state index >= 15 is 0 Å². The molecule has 0 aromatic heterocycles. The van der Waals surface area contributed by atoms with E-state index in [9.17, 15) is 0 Å². The minimum Gasteiger partial charge on any atom is -0.0698 e. The molecule has 0 spiro atoms. The maximum Gasteiger partial charge on any atom is -0.0170 e. The molecule has 3 unspecified atom stereocenters. The van der Waals surface area contributed by atoms with Gasteiger partial charge in [-0.3, -0.25) is 0 Å². The van der Waals surface area contributed by atoms with Crippen molar-refractivity contribution in [2.45, 2.75) is 106 Å². The molecular formula is C23H42. The molecule has 0 N–H and O–H groups in total. The average molecular weight is 319 g/mol.